The lowest BCUT2D eigenvalue weighted by Gasteiger charge is -2.29. The fourth-order valence-electron chi connectivity index (χ4n) is 2.78. The Morgan fingerprint density at radius 1 is 0.812 bits per heavy atom. The van der Waals surface area contributed by atoms with E-state index < -0.39 is 65.8 Å². The quantitative estimate of drug-likeness (QED) is 0.166. The minimum Gasteiger partial charge on any atom is -0.481 e. The van der Waals surface area contributed by atoms with Crippen LogP contribution in [-0.2, 0) is 24.0 Å². The van der Waals surface area contributed by atoms with Crippen molar-refractivity contribution in [2.75, 3.05) is 0 Å². The number of nitrogens with two attached hydrogens (primary N) is 1. The molecule has 0 spiro atoms. The summed E-state index contributed by atoms with van der Waals surface area (Å²) in [6.45, 7) is 7.91. The van der Waals surface area contributed by atoms with Crippen molar-refractivity contribution in [1.29, 1.82) is 0 Å². The van der Waals surface area contributed by atoms with Gasteiger partial charge in [0.15, 0.2) is 0 Å². The van der Waals surface area contributed by atoms with Crippen molar-refractivity contribution in [1.82, 2.24) is 16.0 Å². The molecule has 12 nitrogen and oxygen atoms in total. The molecule has 0 aromatic rings. The Morgan fingerprint density at radius 2 is 1.28 bits per heavy atom. The first kappa shape index (κ1) is 29.3. The summed E-state index contributed by atoms with van der Waals surface area (Å²) in [5.41, 5.74) is 5.70. The van der Waals surface area contributed by atoms with Crippen LogP contribution in [0.3, 0.4) is 0 Å². The predicted molar refractivity (Wildman–Crippen MR) is 114 cm³/mol. The highest BCUT2D eigenvalue weighted by Gasteiger charge is 2.34. The van der Waals surface area contributed by atoms with Gasteiger partial charge in [0.25, 0.3) is 0 Å². The van der Waals surface area contributed by atoms with E-state index in [0.717, 1.165) is 0 Å². The topological polar surface area (TPSA) is 208 Å². The molecule has 0 aromatic carbocycles. The molecule has 184 valence electrons. The molecule has 6 atom stereocenters. The number of carbonyl (C=O) groups excluding carboxylic acids is 3. The molecular weight excluding hydrogens is 424 g/mol. The number of hydrogen-bond acceptors (Lipinski definition) is 7. The second-order valence-electron chi connectivity index (χ2n) is 8.21. The van der Waals surface area contributed by atoms with Crippen LogP contribution in [0, 0.1) is 11.8 Å². The zero-order chi connectivity index (χ0) is 25.2. The molecule has 6 unspecified atom stereocenters. The van der Waals surface area contributed by atoms with Gasteiger partial charge in [0.2, 0.25) is 17.7 Å². The van der Waals surface area contributed by atoms with Gasteiger partial charge < -0.3 is 37.0 Å². The normalized spacial score (nSPS) is 16.8. The minimum absolute atomic E-state index is 0.125. The highest BCUT2D eigenvalue weighted by Crippen LogP contribution is 2.10. The van der Waals surface area contributed by atoms with Crippen LogP contribution < -0.4 is 21.7 Å². The van der Waals surface area contributed by atoms with Crippen LogP contribution >= 0.6 is 0 Å². The Balaban J connectivity index is 5.44. The zero-order valence-electron chi connectivity index (χ0n) is 19.1. The largest absolute Gasteiger partial charge is 0.481 e. The summed E-state index contributed by atoms with van der Waals surface area (Å²) in [6.07, 6.45) is -1.32. The summed E-state index contributed by atoms with van der Waals surface area (Å²) in [4.78, 5) is 59.8. The van der Waals surface area contributed by atoms with E-state index in [1.165, 1.54) is 6.92 Å². The maximum absolute atomic E-state index is 12.9. The third-order valence-electron chi connectivity index (χ3n) is 5.09. The van der Waals surface area contributed by atoms with Crippen molar-refractivity contribution in [2.45, 2.75) is 84.2 Å². The SMILES string of the molecule is CCC(C)C(NC(=O)C(N)CCC(=O)O)C(=O)NC(C(=O)NC(C(=O)O)C(C)C)C(C)O. The van der Waals surface area contributed by atoms with Gasteiger partial charge in [-0.3, -0.25) is 19.2 Å². The molecule has 12 heteroatoms. The number of hydrogen-bond donors (Lipinski definition) is 7. The van der Waals surface area contributed by atoms with Gasteiger partial charge in [-0.2, -0.15) is 0 Å². The molecule has 32 heavy (non-hydrogen) atoms. The second-order valence-corrected chi connectivity index (χ2v) is 8.21. The molecule has 0 saturated carbocycles. The molecular formula is C20H36N4O8. The van der Waals surface area contributed by atoms with Crippen LogP contribution in [0.4, 0.5) is 0 Å². The number of rotatable bonds is 14. The lowest BCUT2D eigenvalue weighted by atomic mass is 9.96. The van der Waals surface area contributed by atoms with E-state index >= 15 is 0 Å². The van der Waals surface area contributed by atoms with Crippen molar-refractivity contribution in [2.24, 2.45) is 17.6 Å². The van der Waals surface area contributed by atoms with Crippen LogP contribution in [-0.4, -0.2) is 75.3 Å². The van der Waals surface area contributed by atoms with E-state index in [1.54, 1.807) is 27.7 Å². The first-order chi connectivity index (χ1) is 14.7. The number of nitrogens with one attached hydrogen (secondary N) is 3. The Morgan fingerprint density at radius 3 is 1.69 bits per heavy atom. The van der Waals surface area contributed by atoms with Gasteiger partial charge in [-0.15, -0.1) is 0 Å². The summed E-state index contributed by atoms with van der Waals surface area (Å²) >= 11 is 0. The summed E-state index contributed by atoms with van der Waals surface area (Å²) in [6, 6.07) is -4.95. The molecule has 0 saturated heterocycles. The fourth-order valence-corrected chi connectivity index (χ4v) is 2.78. The van der Waals surface area contributed by atoms with Crippen molar-refractivity contribution in [3.63, 3.8) is 0 Å². The van der Waals surface area contributed by atoms with E-state index in [9.17, 15) is 34.2 Å². The Hall–Kier alpha value is -2.73. The van der Waals surface area contributed by atoms with Crippen molar-refractivity contribution >= 4 is 29.7 Å². The summed E-state index contributed by atoms with van der Waals surface area (Å²) in [5.74, 6) is -5.58. The summed E-state index contributed by atoms with van der Waals surface area (Å²) in [5, 5.41) is 35.1. The van der Waals surface area contributed by atoms with Crippen LogP contribution in [0.1, 0.15) is 53.9 Å². The first-order valence-corrected chi connectivity index (χ1v) is 10.5. The van der Waals surface area contributed by atoms with Crippen molar-refractivity contribution in [3.8, 4) is 0 Å². The van der Waals surface area contributed by atoms with Crippen LogP contribution in [0.2, 0.25) is 0 Å². The van der Waals surface area contributed by atoms with E-state index in [2.05, 4.69) is 16.0 Å². The van der Waals surface area contributed by atoms with Gasteiger partial charge in [-0.05, 0) is 25.2 Å². The standard InChI is InChI=1S/C20H36N4O8/c1-6-10(4)15(23-17(28)12(21)7-8-13(26)27)18(29)24-16(11(5)25)19(30)22-14(9(2)3)20(31)32/h9-12,14-16,25H,6-8,21H2,1-5H3,(H,22,30)(H,23,28)(H,24,29)(H,26,27)(H,31,32). The molecule has 0 heterocycles. The van der Waals surface area contributed by atoms with E-state index in [-0.39, 0.29) is 18.8 Å². The Bertz CT molecular complexity index is 683. The van der Waals surface area contributed by atoms with Gasteiger partial charge in [-0.1, -0.05) is 34.1 Å². The average Bonchev–Trinajstić information content (AvgIpc) is 2.70. The van der Waals surface area contributed by atoms with E-state index in [0.29, 0.717) is 6.42 Å². The van der Waals surface area contributed by atoms with Crippen LogP contribution in [0.25, 0.3) is 0 Å². The average molecular weight is 461 g/mol. The third-order valence-corrected chi connectivity index (χ3v) is 5.09. The molecule has 0 aliphatic heterocycles. The highest BCUT2D eigenvalue weighted by molar-refractivity contribution is 5.94. The number of aliphatic hydroxyl groups is 1. The number of aliphatic carboxylic acids is 2. The van der Waals surface area contributed by atoms with Gasteiger partial charge >= 0.3 is 11.9 Å². The fraction of sp³-hybridized carbons (Fsp3) is 0.750. The van der Waals surface area contributed by atoms with Crippen LogP contribution in [0.15, 0.2) is 0 Å². The zero-order valence-corrected chi connectivity index (χ0v) is 19.1. The molecule has 0 fully saturated rings. The van der Waals surface area contributed by atoms with Gasteiger partial charge in [0.05, 0.1) is 12.1 Å². The van der Waals surface area contributed by atoms with Gasteiger partial charge in [0, 0.05) is 6.42 Å². The molecule has 0 radical (unpaired) electrons. The Labute approximate surface area is 187 Å². The van der Waals surface area contributed by atoms with Gasteiger partial charge in [-0.25, -0.2) is 4.79 Å². The number of carboxylic acids is 2. The minimum atomic E-state index is -1.47. The number of carboxylic acid groups (broad SMARTS) is 2. The number of carbonyl (C=O) groups is 5. The monoisotopic (exact) mass is 460 g/mol. The molecule has 0 rings (SSSR count). The summed E-state index contributed by atoms with van der Waals surface area (Å²) < 4.78 is 0. The first-order valence-electron chi connectivity index (χ1n) is 10.5. The summed E-state index contributed by atoms with van der Waals surface area (Å²) in [7, 11) is 0. The number of aliphatic hydroxyl groups excluding tert-OH is 1. The smallest absolute Gasteiger partial charge is 0.326 e. The molecule has 3 amide bonds. The molecule has 0 bridgehead atoms. The van der Waals surface area contributed by atoms with E-state index in [1.807, 2.05) is 0 Å². The third kappa shape index (κ3) is 9.60. The number of amides is 3. The molecule has 0 aliphatic carbocycles. The van der Waals surface area contributed by atoms with Gasteiger partial charge in [0.1, 0.15) is 18.1 Å². The predicted octanol–water partition coefficient (Wildman–Crippen LogP) is -1.20. The van der Waals surface area contributed by atoms with Crippen molar-refractivity contribution < 1.29 is 39.3 Å². The molecule has 8 N–H and O–H groups in total. The second kappa shape index (κ2) is 13.6. The molecule has 0 aromatic heterocycles. The highest BCUT2D eigenvalue weighted by atomic mass is 16.4. The lowest BCUT2D eigenvalue weighted by Crippen LogP contribution is -2.61. The van der Waals surface area contributed by atoms with Crippen LogP contribution in [0.5, 0.6) is 0 Å². The lowest BCUT2D eigenvalue weighted by molar-refractivity contribution is -0.144. The Kier molecular flexibility index (Phi) is 12.5. The maximum atomic E-state index is 12.9. The molecule has 0 aliphatic rings. The van der Waals surface area contributed by atoms with E-state index in [4.69, 9.17) is 10.8 Å². The maximum Gasteiger partial charge on any atom is 0.326 e. The van der Waals surface area contributed by atoms with Crippen molar-refractivity contribution in [3.05, 3.63) is 0 Å².